The SMILES string of the molecule is CC(N)CC(=O)NC(C)C(C)c1ccccc1. The Labute approximate surface area is 103 Å². The van der Waals surface area contributed by atoms with E-state index in [1.807, 2.05) is 32.0 Å². The van der Waals surface area contributed by atoms with E-state index in [9.17, 15) is 4.79 Å². The van der Waals surface area contributed by atoms with E-state index >= 15 is 0 Å². The third kappa shape index (κ3) is 4.57. The Bertz CT molecular complexity index is 348. The van der Waals surface area contributed by atoms with Crippen LogP contribution in [0.15, 0.2) is 30.3 Å². The Morgan fingerprint density at radius 2 is 1.82 bits per heavy atom. The van der Waals surface area contributed by atoms with Gasteiger partial charge in [-0.15, -0.1) is 0 Å². The molecule has 1 amide bonds. The molecule has 0 aromatic heterocycles. The van der Waals surface area contributed by atoms with Crippen molar-refractivity contribution in [1.29, 1.82) is 0 Å². The summed E-state index contributed by atoms with van der Waals surface area (Å²) in [5.41, 5.74) is 6.83. The minimum Gasteiger partial charge on any atom is -0.353 e. The molecule has 3 atom stereocenters. The van der Waals surface area contributed by atoms with E-state index < -0.39 is 0 Å². The minimum atomic E-state index is -0.0887. The zero-order valence-electron chi connectivity index (χ0n) is 10.8. The highest BCUT2D eigenvalue weighted by atomic mass is 16.1. The Balaban J connectivity index is 2.53. The normalized spacial score (nSPS) is 16.0. The van der Waals surface area contributed by atoms with Crippen LogP contribution in [0.25, 0.3) is 0 Å². The quantitative estimate of drug-likeness (QED) is 0.819. The lowest BCUT2D eigenvalue weighted by atomic mass is 9.94. The molecule has 3 N–H and O–H groups in total. The van der Waals surface area contributed by atoms with Gasteiger partial charge in [0, 0.05) is 24.4 Å². The lowest BCUT2D eigenvalue weighted by molar-refractivity contribution is -0.122. The fourth-order valence-electron chi connectivity index (χ4n) is 1.78. The molecule has 0 aliphatic heterocycles. The predicted molar refractivity (Wildman–Crippen MR) is 70.7 cm³/mol. The summed E-state index contributed by atoms with van der Waals surface area (Å²) in [5, 5.41) is 2.99. The van der Waals surface area contributed by atoms with Crippen molar-refractivity contribution in [3.05, 3.63) is 35.9 Å². The van der Waals surface area contributed by atoms with Crippen LogP contribution >= 0.6 is 0 Å². The van der Waals surface area contributed by atoms with Crippen LogP contribution in [0.2, 0.25) is 0 Å². The number of benzene rings is 1. The molecule has 0 radical (unpaired) electrons. The van der Waals surface area contributed by atoms with Gasteiger partial charge >= 0.3 is 0 Å². The van der Waals surface area contributed by atoms with Crippen molar-refractivity contribution >= 4 is 5.91 Å². The number of carbonyl (C=O) groups excluding carboxylic acids is 1. The van der Waals surface area contributed by atoms with Gasteiger partial charge in [0.2, 0.25) is 5.91 Å². The molecule has 0 bridgehead atoms. The number of hydrogen-bond acceptors (Lipinski definition) is 2. The molecule has 0 heterocycles. The molecule has 17 heavy (non-hydrogen) atoms. The van der Waals surface area contributed by atoms with Crippen LogP contribution < -0.4 is 11.1 Å². The zero-order chi connectivity index (χ0) is 12.8. The second-order valence-corrected chi connectivity index (χ2v) is 4.74. The van der Waals surface area contributed by atoms with Gasteiger partial charge in [0.15, 0.2) is 0 Å². The second-order valence-electron chi connectivity index (χ2n) is 4.74. The van der Waals surface area contributed by atoms with E-state index in [4.69, 9.17) is 5.73 Å². The van der Waals surface area contributed by atoms with Gasteiger partial charge in [-0.3, -0.25) is 4.79 Å². The van der Waals surface area contributed by atoms with Crippen LogP contribution in [0.4, 0.5) is 0 Å². The molecular formula is C14H22N2O. The van der Waals surface area contributed by atoms with Crippen LogP contribution in [0.3, 0.4) is 0 Å². The number of carbonyl (C=O) groups is 1. The van der Waals surface area contributed by atoms with Crippen molar-refractivity contribution in [2.75, 3.05) is 0 Å². The molecule has 3 unspecified atom stereocenters. The van der Waals surface area contributed by atoms with E-state index in [2.05, 4.69) is 24.4 Å². The fourth-order valence-corrected chi connectivity index (χ4v) is 1.78. The Hall–Kier alpha value is -1.35. The molecule has 1 aromatic rings. The van der Waals surface area contributed by atoms with Crippen LogP contribution in [0, 0.1) is 0 Å². The molecule has 94 valence electrons. The summed E-state index contributed by atoms with van der Waals surface area (Å²) >= 11 is 0. The van der Waals surface area contributed by atoms with E-state index in [-0.39, 0.29) is 18.0 Å². The van der Waals surface area contributed by atoms with Crippen LogP contribution in [0.1, 0.15) is 38.7 Å². The number of hydrogen-bond donors (Lipinski definition) is 2. The highest BCUT2D eigenvalue weighted by Gasteiger charge is 2.16. The van der Waals surface area contributed by atoms with Gasteiger partial charge in [-0.1, -0.05) is 37.3 Å². The van der Waals surface area contributed by atoms with Crippen molar-refractivity contribution in [3.8, 4) is 0 Å². The lowest BCUT2D eigenvalue weighted by Gasteiger charge is -2.22. The molecule has 0 saturated heterocycles. The van der Waals surface area contributed by atoms with Crippen molar-refractivity contribution in [3.63, 3.8) is 0 Å². The number of amides is 1. The van der Waals surface area contributed by atoms with Crippen molar-refractivity contribution < 1.29 is 4.79 Å². The summed E-state index contributed by atoms with van der Waals surface area (Å²) in [6, 6.07) is 10.2. The summed E-state index contributed by atoms with van der Waals surface area (Å²) < 4.78 is 0. The fraction of sp³-hybridized carbons (Fsp3) is 0.500. The molecule has 3 nitrogen and oxygen atoms in total. The largest absolute Gasteiger partial charge is 0.353 e. The Morgan fingerprint density at radius 3 is 2.35 bits per heavy atom. The van der Waals surface area contributed by atoms with Crippen molar-refractivity contribution in [1.82, 2.24) is 5.32 Å². The number of nitrogens with one attached hydrogen (secondary N) is 1. The molecule has 1 aromatic carbocycles. The van der Waals surface area contributed by atoms with Crippen LogP contribution in [0.5, 0.6) is 0 Å². The first-order valence-electron chi connectivity index (χ1n) is 6.10. The van der Waals surface area contributed by atoms with E-state index in [1.165, 1.54) is 5.56 Å². The van der Waals surface area contributed by atoms with Crippen molar-refractivity contribution in [2.45, 2.75) is 45.2 Å². The molecule has 0 fully saturated rings. The molecular weight excluding hydrogens is 212 g/mol. The minimum absolute atomic E-state index is 0.0234. The highest BCUT2D eigenvalue weighted by molar-refractivity contribution is 5.76. The van der Waals surface area contributed by atoms with Crippen LogP contribution in [-0.4, -0.2) is 18.0 Å². The first kappa shape index (κ1) is 13.7. The maximum atomic E-state index is 11.6. The Morgan fingerprint density at radius 1 is 1.24 bits per heavy atom. The second kappa shape index (κ2) is 6.40. The van der Waals surface area contributed by atoms with Gasteiger partial charge in [0.1, 0.15) is 0 Å². The first-order valence-corrected chi connectivity index (χ1v) is 6.10. The van der Waals surface area contributed by atoms with Crippen LogP contribution in [-0.2, 0) is 4.79 Å². The topological polar surface area (TPSA) is 55.1 Å². The summed E-state index contributed by atoms with van der Waals surface area (Å²) in [4.78, 5) is 11.6. The lowest BCUT2D eigenvalue weighted by Crippen LogP contribution is -2.38. The molecule has 0 spiro atoms. The monoisotopic (exact) mass is 234 g/mol. The van der Waals surface area contributed by atoms with Gasteiger partial charge in [-0.25, -0.2) is 0 Å². The van der Waals surface area contributed by atoms with Crippen molar-refractivity contribution in [2.24, 2.45) is 5.73 Å². The zero-order valence-corrected chi connectivity index (χ0v) is 10.8. The van der Waals surface area contributed by atoms with E-state index in [1.54, 1.807) is 0 Å². The highest BCUT2D eigenvalue weighted by Crippen LogP contribution is 2.18. The summed E-state index contributed by atoms with van der Waals surface area (Å²) in [7, 11) is 0. The van der Waals surface area contributed by atoms with Gasteiger partial charge in [0.25, 0.3) is 0 Å². The molecule has 0 saturated carbocycles. The number of rotatable bonds is 5. The predicted octanol–water partition coefficient (Wildman–Crippen LogP) is 2.03. The summed E-state index contributed by atoms with van der Waals surface area (Å²) in [6.07, 6.45) is 0.381. The van der Waals surface area contributed by atoms with E-state index in [0.29, 0.717) is 12.3 Å². The van der Waals surface area contributed by atoms with Gasteiger partial charge in [-0.05, 0) is 19.4 Å². The summed E-state index contributed by atoms with van der Waals surface area (Å²) in [6.45, 7) is 5.98. The average molecular weight is 234 g/mol. The van der Waals surface area contributed by atoms with E-state index in [0.717, 1.165) is 0 Å². The maximum absolute atomic E-state index is 11.6. The number of nitrogens with two attached hydrogens (primary N) is 1. The average Bonchev–Trinajstić information content (AvgIpc) is 2.28. The maximum Gasteiger partial charge on any atom is 0.221 e. The third-order valence-corrected chi connectivity index (χ3v) is 2.97. The van der Waals surface area contributed by atoms with Gasteiger partial charge in [-0.2, -0.15) is 0 Å². The third-order valence-electron chi connectivity index (χ3n) is 2.97. The first-order chi connectivity index (χ1) is 8.00. The molecule has 0 aliphatic rings. The Kier molecular flexibility index (Phi) is 5.16. The smallest absolute Gasteiger partial charge is 0.221 e. The summed E-state index contributed by atoms with van der Waals surface area (Å²) in [5.74, 6) is 0.323. The molecule has 0 aliphatic carbocycles. The van der Waals surface area contributed by atoms with Gasteiger partial charge < -0.3 is 11.1 Å². The molecule has 1 rings (SSSR count). The molecule has 3 heteroatoms. The standard InChI is InChI=1S/C14H22N2O/c1-10(15)9-14(17)16-12(3)11(2)13-7-5-4-6-8-13/h4-8,10-12H,9,15H2,1-3H3,(H,16,17). The van der Waals surface area contributed by atoms with Gasteiger partial charge in [0.05, 0.1) is 0 Å².